The Morgan fingerprint density at radius 3 is 2.55 bits per heavy atom. The predicted molar refractivity (Wildman–Crippen MR) is 55.5 cm³/mol. The van der Waals surface area contributed by atoms with Crippen LogP contribution in [0.2, 0.25) is 0 Å². The van der Waals surface area contributed by atoms with E-state index in [0.29, 0.717) is 6.07 Å². The summed E-state index contributed by atoms with van der Waals surface area (Å²) < 4.78 is 44.6. The van der Waals surface area contributed by atoms with Crippen LogP contribution in [0.3, 0.4) is 0 Å². The van der Waals surface area contributed by atoms with Crippen molar-refractivity contribution in [2.45, 2.75) is 12.8 Å². The monoisotopic (exact) mass is 296 g/mol. The summed E-state index contributed by atoms with van der Waals surface area (Å²) in [4.78, 5) is 23.1. The van der Waals surface area contributed by atoms with Crippen LogP contribution < -0.4 is 9.47 Å². The van der Waals surface area contributed by atoms with Crippen molar-refractivity contribution in [2.24, 2.45) is 0 Å². The highest BCUT2D eigenvalue weighted by Crippen LogP contribution is 2.35. The molecule has 20 heavy (non-hydrogen) atoms. The number of aromatic nitrogens is 1. The van der Waals surface area contributed by atoms with E-state index < -0.39 is 41.1 Å². The summed E-state index contributed by atoms with van der Waals surface area (Å²) in [5.74, 6) is -4.25. The Balaban J connectivity index is 3.41. The van der Waals surface area contributed by atoms with Crippen molar-refractivity contribution >= 4 is 11.8 Å². The second-order valence-corrected chi connectivity index (χ2v) is 3.35. The first-order chi connectivity index (χ1) is 9.14. The molecule has 0 spiro atoms. The van der Waals surface area contributed by atoms with Gasteiger partial charge in [0.25, 0.3) is 0 Å². The summed E-state index contributed by atoms with van der Waals surface area (Å²) in [6.07, 6.45) is -5.95. The van der Waals surface area contributed by atoms with Crippen molar-refractivity contribution in [3.63, 3.8) is 0 Å². The number of hydrogen-bond acceptors (Lipinski definition) is 6. The number of ether oxygens (including phenoxy) is 2. The van der Waals surface area contributed by atoms with Crippen LogP contribution in [0.5, 0.6) is 11.6 Å². The number of nitrogens with zero attached hydrogens (tertiary/aromatic N) is 2. The normalized spacial score (nSPS) is 11.0. The maximum Gasteiger partial charge on any atom is 0.575 e. The first kappa shape index (κ1) is 15.5. The first-order valence-electron chi connectivity index (χ1n) is 4.84. The van der Waals surface area contributed by atoms with E-state index in [9.17, 15) is 28.1 Å². The SMILES string of the molecule is COc1c(CC(=O)O)cc([N+](=O)[O-])nc1OC(F)(F)F. The second kappa shape index (κ2) is 5.59. The molecule has 0 fully saturated rings. The van der Waals surface area contributed by atoms with E-state index in [1.54, 1.807) is 0 Å². The molecule has 0 atom stereocenters. The number of carboxylic acid groups (broad SMARTS) is 1. The minimum atomic E-state index is -5.16. The standard InChI is InChI=1S/C9H7F3N2O6/c1-19-7-4(3-6(15)16)2-5(14(17)18)13-8(7)20-9(10,11)12/h2H,3H2,1H3,(H,15,16). The molecular formula is C9H7F3N2O6. The number of halogens is 3. The number of rotatable bonds is 5. The number of hydrogen-bond donors (Lipinski definition) is 1. The molecule has 0 saturated carbocycles. The van der Waals surface area contributed by atoms with Crippen molar-refractivity contribution in [1.82, 2.24) is 4.98 Å². The molecule has 1 N–H and O–H groups in total. The molecular weight excluding hydrogens is 289 g/mol. The fourth-order valence-electron chi connectivity index (χ4n) is 1.33. The molecule has 0 saturated heterocycles. The fraction of sp³-hybridized carbons (Fsp3) is 0.333. The molecule has 0 aliphatic heterocycles. The minimum Gasteiger partial charge on any atom is -0.489 e. The number of nitro groups is 1. The van der Waals surface area contributed by atoms with Gasteiger partial charge in [-0.3, -0.25) is 4.79 Å². The molecule has 1 heterocycles. The van der Waals surface area contributed by atoms with Gasteiger partial charge in [-0.25, -0.2) is 0 Å². The Kier molecular flexibility index (Phi) is 4.32. The van der Waals surface area contributed by atoms with Gasteiger partial charge in [0.05, 0.1) is 13.5 Å². The van der Waals surface area contributed by atoms with Gasteiger partial charge >= 0.3 is 24.0 Å². The average Bonchev–Trinajstić information content (AvgIpc) is 2.25. The Bertz CT molecular complexity index is 545. The lowest BCUT2D eigenvalue weighted by Gasteiger charge is -2.11. The van der Waals surface area contributed by atoms with E-state index in [2.05, 4.69) is 14.5 Å². The summed E-state index contributed by atoms with van der Waals surface area (Å²) in [7, 11) is 0.956. The number of aliphatic carboxylic acids is 1. The lowest BCUT2D eigenvalue weighted by atomic mass is 10.1. The largest absolute Gasteiger partial charge is 0.575 e. The van der Waals surface area contributed by atoms with Crippen LogP contribution in [0.15, 0.2) is 6.07 Å². The summed E-state index contributed by atoms with van der Waals surface area (Å²) in [6.45, 7) is 0. The van der Waals surface area contributed by atoms with Gasteiger partial charge in [-0.15, -0.1) is 13.2 Å². The molecule has 1 aromatic heterocycles. The zero-order valence-corrected chi connectivity index (χ0v) is 9.80. The van der Waals surface area contributed by atoms with Gasteiger partial charge in [0.1, 0.15) is 0 Å². The van der Waals surface area contributed by atoms with Crippen LogP contribution in [-0.2, 0) is 11.2 Å². The summed E-state index contributed by atoms with van der Waals surface area (Å²) in [6, 6.07) is 0.705. The Morgan fingerprint density at radius 2 is 2.15 bits per heavy atom. The van der Waals surface area contributed by atoms with Gasteiger partial charge in [-0.1, -0.05) is 0 Å². The summed E-state index contributed by atoms with van der Waals surface area (Å²) in [5, 5.41) is 19.2. The van der Waals surface area contributed by atoms with Crippen molar-refractivity contribution in [1.29, 1.82) is 0 Å². The van der Waals surface area contributed by atoms with Crippen LogP contribution in [0.4, 0.5) is 19.0 Å². The van der Waals surface area contributed by atoms with E-state index in [0.717, 1.165) is 7.11 Å². The quantitative estimate of drug-likeness (QED) is 0.647. The Labute approximate surface area is 108 Å². The molecule has 0 bridgehead atoms. The maximum absolute atomic E-state index is 12.2. The predicted octanol–water partition coefficient (Wildman–Crippen LogP) is 1.52. The molecule has 0 radical (unpaired) electrons. The molecule has 0 aromatic carbocycles. The average molecular weight is 296 g/mol. The van der Waals surface area contributed by atoms with Crippen molar-refractivity contribution in [3.05, 3.63) is 21.7 Å². The molecule has 110 valence electrons. The lowest BCUT2D eigenvalue weighted by Crippen LogP contribution is -2.19. The van der Waals surface area contributed by atoms with Gasteiger partial charge < -0.3 is 24.7 Å². The van der Waals surface area contributed by atoms with Crippen molar-refractivity contribution < 1.29 is 37.5 Å². The zero-order chi connectivity index (χ0) is 15.5. The summed E-state index contributed by atoms with van der Waals surface area (Å²) >= 11 is 0. The van der Waals surface area contributed by atoms with Crippen LogP contribution in [0.1, 0.15) is 5.56 Å². The highest BCUT2D eigenvalue weighted by Gasteiger charge is 2.37. The number of alkyl halides is 3. The maximum atomic E-state index is 12.2. The van der Waals surface area contributed by atoms with Crippen molar-refractivity contribution in [2.75, 3.05) is 7.11 Å². The van der Waals surface area contributed by atoms with Crippen LogP contribution >= 0.6 is 0 Å². The topological polar surface area (TPSA) is 112 Å². The Hall–Kier alpha value is -2.59. The molecule has 1 aromatic rings. The number of pyridine rings is 1. The van der Waals surface area contributed by atoms with Crippen LogP contribution in [-0.4, -0.2) is 34.5 Å². The molecule has 1 rings (SSSR count). The van der Waals surface area contributed by atoms with Gasteiger partial charge in [0, 0.05) is 16.6 Å². The van der Waals surface area contributed by atoms with E-state index in [-0.39, 0.29) is 5.56 Å². The minimum absolute atomic E-state index is 0.360. The first-order valence-corrected chi connectivity index (χ1v) is 4.84. The molecule has 0 amide bonds. The Morgan fingerprint density at radius 1 is 1.55 bits per heavy atom. The number of methoxy groups -OCH3 is 1. The molecule has 0 aliphatic rings. The third kappa shape index (κ3) is 3.96. The number of carboxylic acids is 1. The highest BCUT2D eigenvalue weighted by molar-refractivity contribution is 5.72. The third-order valence-electron chi connectivity index (χ3n) is 1.95. The van der Waals surface area contributed by atoms with E-state index in [1.165, 1.54) is 0 Å². The van der Waals surface area contributed by atoms with E-state index in [1.807, 2.05) is 0 Å². The molecule has 0 aliphatic carbocycles. The fourth-order valence-corrected chi connectivity index (χ4v) is 1.33. The second-order valence-electron chi connectivity index (χ2n) is 3.35. The molecule has 0 unspecified atom stereocenters. The van der Waals surface area contributed by atoms with Gasteiger partial charge in [-0.2, -0.15) is 0 Å². The molecule has 11 heteroatoms. The molecule has 8 nitrogen and oxygen atoms in total. The lowest BCUT2D eigenvalue weighted by molar-refractivity contribution is -0.390. The zero-order valence-electron chi connectivity index (χ0n) is 9.80. The van der Waals surface area contributed by atoms with Crippen LogP contribution in [0, 0.1) is 10.1 Å². The van der Waals surface area contributed by atoms with E-state index in [4.69, 9.17) is 5.11 Å². The van der Waals surface area contributed by atoms with E-state index >= 15 is 0 Å². The number of carbonyl (C=O) groups is 1. The van der Waals surface area contributed by atoms with Gasteiger partial charge in [0.15, 0.2) is 0 Å². The van der Waals surface area contributed by atoms with Gasteiger partial charge in [0.2, 0.25) is 5.75 Å². The third-order valence-corrected chi connectivity index (χ3v) is 1.95. The highest BCUT2D eigenvalue weighted by atomic mass is 19.4. The smallest absolute Gasteiger partial charge is 0.489 e. The van der Waals surface area contributed by atoms with Crippen molar-refractivity contribution in [3.8, 4) is 11.6 Å². The van der Waals surface area contributed by atoms with Crippen LogP contribution in [0.25, 0.3) is 0 Å². The summed E-state index contributed by atoms with van der Waals surface area (Å²) in [5.41, 5.74) is -0.360. The van der Waals surface area contributed by atoms with Gasteiger partial charge in [-0.05, 0) is 4.92 Å².